The maximum Gasteiger partial charge on any atom is 0.427 e. The van der Waals surface area contributed by atoms with Crippen molar-refractivity contribution in [1.82, 2.24) is 4.98 Å². The van der Waals surface area contributed by atoms with Gasteiger partial charge in [0.2, 0.25) is 5.91 Å². The molecule has 8 heteroatoms. The van der Waals surface area contributed by atoms with E-state index >= 15 is 0 Å². The number of halogens is 3. The van der Waals surface area contributed by atoms with Crippen molar-refractivity contribution in [3.8, 4) is 0 Å². The zero-order valence-electron chi connectivity index (χ0n) is 12.4. The Morgan fingerprint density at radius 2 is 1.96 bits per heavy atom. The van der Waals surface area contributed by atoms with Crippen LogP contribution in [0.15, 0.2) is 30.5 Å². The van der Waals surface area contributed by atoms with Crippen LogP contribution in [0.4, 0.5) is 24.0 Å². The summed E-state index contributed by atoms with van der Waals surface area (Å²) >= 11 is 0.572. The summed E-state index contributed by atoms with van der Waals surface area (Å²) in [6.07, 6.45) is -2.30. The lowest BCUT2D eigenvalue weighted by Gasteiger charge is -2.07. The van der Waals surface area contributed by atoms with E-state index in [0.29, 0.717) is 30.0 Å². The van der Waals surface area contributed by atoms with E-state index in [4.69, 9.17) is 0 Å². The first-order chi connectivity index (χ1) is 10.9. The molecule has 1 amide bonds. The van der Waals surface area contributed by atoms with Gasteiger partial charge in [-0.1, -0.05) is 30.4 Å². The molecule has 4 nitrogen and oxygen atoms in total. The van der Waals surface area contributed by atoms with E-state index in [1.54, 1.807) is 24.3 Å². The fourth-order valence-corrected chi connectivity index (χ4v) is 2.50. The minimum atomic E-state index is -4.37. The number of rotatable bonds is 6. The molecule has 2 rings (SSSR count). The zero-order chi connectivity index (χ0) is 16.9. The van der Waals surface area contributed by atoms with Gasteiger partial charge in [-0.15, -0.1) is 0 Å². The number of nitrogens with one attached hydrogen (secondary N) is 2. The van der Waals surface area contributed by atoms with Crippen molar-refractivity contribution in [3.05, 3.63) is 40.9 Å². The molecular weight excluding hydrogens is 327 g/mol. The number of hydrogen-bond donors (Lipinski definition) is 2. The fourth-order valence-electron chi connectivity index (χ4n) is 1.82. The fraction of sp³-hybridized carbons (Fsp3) is 0.333. The van der Waals surface area contributed by atoms with Crippen LogP contribution in [0.2, 0.25) is 0 Å². The monoisotopic (exact) mass is 343 g/mol. The second-order valence-corrected chi connectivity index (χ2v) is 5.91. The highest BCUT2D eigenvalue weighted by atomic mass is 32.1. The summed E-state index contributed by atoms with van der Waals surface area (Å²) < 4.78 is 37.4. The first kappa shape index (κ1) is 17.3. The summed E-state index contributed by atoms with van der Waals surface area (Å²) in [6, 6.07) is 7.11. The van der Waals surface area contributed by atoms with Crippen molar-refractivity contribution in [3.63, 3.8) is 0 Å². The van der Waals surface area contributed by atoms with Crippen molar-refractivity contribution in [2.75, 3.05) is 10.6 Å². The SMILES string of the molecule is CCCC(=O)Nc1ccc(CNc2ncc(C(F)(F)F)s2)cc1. The topological polar surface area (TPSA) is 54.0 Å². The Balaban J connectivity index is 1.89. The normalized spacial score (nSPS) is 11.3. The van der Waals surface area contributed by atoms with Gasteiger partial charge in [0, 0.05) is 18.7 Å². The van der Waals surface area contributed by atoms with Crippen LogP contribution in [-0.4, -0.2) is 10.9 Å². The Bertz CT molecular complexity index is 653. The predicted octanol–water partition coefficient (Wildman–Crippen LogP) is 4.51. The Morgan fingerprint density at radius 3 is 2.52 bits per heavy atom. The summed E-state index contributed by atoms with van der Waals surface area (Å²) in [5.41, 5.74) is 1.57. The number of nitrogens with zero attached hydrogens (tertiary/aromatic N) is 1. The summed E-state index contributed by atoms with van der Waals surface area (Å²) in [5.74, 6) is -0.0409. The number of thiazole rings is 1. The highest BCUT2D eigenvalue weighted by molar-refractivity contribution is 7.15. The van der Waals surface area contributed by atoms with Crippen molar-refractivity contribution in [2.45, 2.75) is 32.5 Å². The lowest BCUT2D eigenvalue weighted by molar-refractivity contribution is -0.134. The van der Waals surface area contributed by atoms with Gasteiger partial charge in [-0.05, 0) is 24.1 Å². The third-order valence-corrected chi connectivity index (χ3v) is 3.94. The Morgan fingerprint density at radius 1 is 1.26 bits per heavy atom. The number of hydrogen-bond acceptors (Lipinski definition) is 4. The van der Waals surface area contributed by atoms with Crippen LogP contribution in [0, 0.1) is 0 Å². The molecule has 124 valence electrons. The second-order valence-electron chi connectivity index (χ2n) is 4.88. The molecule has 0 bridgehead atoms. The van der Waals surface area contributed by atoms with Crippen LogP contribution in [0.3, 0.4) is 0 Å². The standard InChI is InChI=1S/C15H16F3N3OS/c1-2-3-13(22)21-11-6-4-10(5-7-11)8-19-14-20-9-12(23-14)15(16,17)18/h4-7,9H,2-3,8H2,1H3,(H,19,20)(H,21,22). The first-order valence-electron chi connectivity index (χ1n) is 7.04. The van der Waals surface area contributed by atoms with E-state index in [9.17, 15) is 18.0 Å². The van der Waals surface area contributed by atoms with E-state index in [0.717, 1.165) is 18.2 Å². The molecule has 1 heterocycles. The van der Waals surface area contributed by atoms with Gasteiger partial charge in [-0.2, -0.15) is 13.2 Å². The number of benzene rings is 1. The summed E-state index contributed by atoms with van der Waals surface area (Å²) in [5, 5.41) is 5.84. The molecule has 0 atom stereocenters. The molecule has 0 radical (unpaired) electrons. The minimum absolute atomic E-state index is 0.0409. The van der Waals surface area contributed by atoms with Crippen LogP contribution in [0.25, 0.3) is 0 Å². The molecule has 0 aliphatic carbocycles. The van der Waals surface area contributed by atoms with Gasteiger partial charge < -0.3 is 10.6 Å². The molecule has 2 N–H and O–H groups in total. The second kappa shape index (κ2) is 7.45. The van der Waals surface area contributed by atoms with Crippen molar-refractivity contribution in [2.24, 2.45) is 0 Å². The molecule has 2 aromatic rings. The van der Waals surface area contributed by atoms with Crippen LogP contribution >= 0.6 is 11.3 Å². The minimum Gasteiger partial charge on any atom is -0.357 e. The molecular formula is C15H16F3N3OS. The van der Waals surface area contributed by atoms with Gasteiger partial charge >= 0.3 is 6.18 Å². The third-order valence-electron chi connectivity index (χ3n) is 2.94. The van der Waals surface area contributed by atoms with Crippen molar-refractivity contribution in [1.29, 1.82) is 0 Å². The number of aromatic nitrogens is 1. The van der Waals surface area contributed by atoms with E-state index < -0.39 is 11.1 Å². The molecule has 0 fully saturated rings. The molecule has 0 unspecified atom stereocenters. The largest absolute Gasteiger partial charge is 0.427 e. The Kier molecular flexibility index (Phi) is 5.59. The molecule has 1 aromatic heterocycles. The molecule has 0 spiro atoms. The highest BCUT2D eigenvalue weighted by Crippen LogP contribution is 2.35. The van der Waals surface area contributed by atoms with Gasteiger partial charge in [0.25, 0.3) is 0 Å². The average Bonchev–Trinajstić information content (AvgIpc) is 2.96. The Hall–Kier alpha value is -2.09. The van der Waals surface area contributed by atoms with E-state index in [1.807, 2.05) is 6.92 Å². The maximum absolute atomic E-state index is 12.5. The van der Waals surface area contributed by atoms with Crippen LogP contribution in [0.1, 0.15) is 30.2 Å². The summed E-state index contributed by atoms with van der Waals surface area (Å²) in [4.78, 5) is 14.4. The number of alkyl halides is 3. The van der Waals surface area contributed by atoms with E-state index in [-0.39, 0.29) is 11.0 Å². The van der Waals surface area contributed by atoms with E-state index in [1.165, 1.54) is 0 Å². The molecule has 0 aliphatic heterocycles. The zero-order valence-corrected chi connectivity index (χ0v) is 13.2. The van der Waals surface area contributed by atoms with Crippen LogP contribution < -0.4 is 10.6 Å². The first-order valence-corrected chi connectivity index (χ1v) is 7.86. The highest BCUT2D eigenvalue weighted by Gasteiger charge is 2.33. The quantitative estimate of drug-likeness (QED) is 0.811. The lowest BCUT2D eigenvalue weighted by atomic mass is 10.2. The molecule has 23 heavy (non-hydrogen) atoms. The summed E-state index contributed by atoms with van der Waals surface area (Å²) in [7, 11) is 0. The van der Waals surface area contributed by atoms with E-state index in [2.05, 4.69) is 15.6 Å². The number of carbonyl (C=O) groups excluding carboxylic acids is 1. The van der Waals surface area contributed by atoms with Gasteiger partial charge in [-0.3, -0.25) is 4.79 Å². The smallest absolute Gasteiger partial charge is 0.357 e. The number of anilines is 2. The molecule has 0 aliphatic rings. The van der Waals surface area contributed by atoms with Crippen LogP contribution in [-0.2, 0) is 17.5 Å². The van der Waals surface area contributed by atoms with Crippen molar-refractivity contribution < 1.29 is 18.0 Å². The average molecular weight is 343 g/mol. The number of amides is 1. The van der Waals surface area contributed by atoms with Gasteiger partial charge in [0.15, 0.2) is 5.13 Å². The van der Waals surface area contributed by atoms with Gasteiger partial charge in [-0.25, -0.2) is 4.98 Å². The summed E-state index contributed by atoms with van der Waals surface area (Å²) in [6.45, 7) is 2.28. The van der Waals surface area contributed by atoms with Gasteiger partial charge in [0.1, 0.15) is 4.88 Å². The molecule has 1 aromatic carbocycles. The molecule has 0 saturated heterocycles. The third kappa shape index (κ3) is 5.24. The predicted molar refractivity (Wildman–Crippen MR) is 84.4 cm³/mol. The number of carbonyl (C=O) groups is 1. The maximum atomic E-state index is 12.5. The van der Waals surface area contributed by atoms with Gasteiger partial charge in [0.05, 0.1) is 6.20 Å². The lowest BCUT2D eigenvalue weighted by Crippen LogP contribution is -2.10. The van der Waals surface area contributed by atoms with Crippen molar-refractivity contribution >= 4 is 28.1 Å². The molecule has 0 saturated carbocycles. The Labute approximate surface area is 135 Å². The van der Waals surface area contributed by atoms with Crippen LogP contribution in [0.5, 0.6) is 0 Å².